The van der Waals surface area contributed by atoms with Crippen molar-refractivity contribution in [1.82, 2.24) is 9.80 Å². The molecule has 2 N–H and O–H groups in total. The highest BCUT2D eigenvalue weighted by molar-refractivity contribution is 9.10. The topological polar surface area (TPSA) is 49.6 Å². The molecule has 1 aliphatic heterocycles. The predicted molar refractivity (Wildman–Crippen MR) is 80.1 cm³/mol. The number of carbonyl (C=O) groups excluding carboxylic acids is 1. The number of nitrogens with two attached hydrogens (primary N) is 1. The summed E-state index contributed by atoms with van der Waals surface area (Å²) in [5.41, 5.74) is 6.42. The van der Waals surface area contributed by atoms with Gasteiger partial charge in [-0.3, -0.25) is 9.69 Å². The van der Waals surface area contributed by atoms with Gasteiger partial charge in [0, 0.05) is 48.8 Å². The molecule has 0 aromatic heterocycles. The molecule has 1 fully saturated rings. The van der Waals surface area contributed by atoms with Gasteiger partial charge in [-0.15, -0.1) is 0 Å². The number of amides is 1. The first-order valence-corrected chi connectivity index (χ1v) is 7.40. The van der Waals surface area contributed by atoms with Crippen LogP contribution >= 0.6 is 15.9 Å². The van der Waals surface area contributed by atoms with Crippen molar-refractivity contribution < 1.29 is 4.79 Å². The third kappa shape index (κ3) is 3.55. The van der Waals surface area contributed by atoms with E-state index in [1.807, 2.05) is 29.2 Å². The van der Waals surface area contributed by atoms with Crippen molar-refractivity contribution in [3.8, 4) is 0 Å². The molecule has 0 spiro atoms. The summed E-state index contributed by atoms with van der Waals surface area (Å²) in [7, 11) is 0. The molecule has 0 aliphatic carbocycles. The van der Waals surface area contributed by atoms with Crippen molar-refractivity contribution >= 4 is 21.8 Å². The van der Waals surface area contributed by atoms with Crippen molar-refractivity contribution in [2.45, 2.75) is 13.0 Å². The molecule has 1 amide bonds. The summed E-state index contributed by atoms with van der Waals surface area (Å²) in [6.45, 7) is 6.15. The summed E-state index contributed by atoms with van der Waals surface area (Å²) in [5, 5.41) is 0. The number of hydrogen-bond acceptors (Lipinski definition) is 3. The molecule has 1 atom stereocenters. The van der Waals surface area contributed by atoms with E-state index in [2.05, 4.69) is 27.8 Å². The van der Waals surface area contributed by atoms with Crippen LogP contribution in [-0.2, 0) is 0 Å². The summed E-state index contributed by atoms with van der Waals surface area (Å²) in [5.74, 6) is 0.112. The second-order valence-corrected chi connectivity index (χ2v) is 5.84. The fourth-order valence-corrected chi connectivity index (χ4v) is 2.72. The minimum atomic E-state index is 0.112. The Hall–Kier alpha value is -0.910. The molecule has 5 heteroatoms. The van der Waals surface area contributed by atoms with Crippen LogP contribution in [0.15, 0.2) is 28.7 Å². The van der Waals surface area contributed by atoms with Crippen LogP contribution in [-0.4, -0.2) is 54.5 Å². The van der Waals surface area contributed by atoms with E-state index in [1.165, 1.54) is 0 Å². The molecule has 0 saturated carbocycles. The number of rotatable bonds is 3. The summed E-state index contributed by atoms with van der Waals surface area (Å²) in [4.78, 5) is 16.6. The second kappa shape index (κ2) is 6.50. The van der Waals surface area contributed by atoms with Crippen molar-refractivity contribution in [2.75, 3.05) is 32.7 Å². The minimum absolute atomic E-state index is 0.112. The number of benzene rings is 1. The highest BCUT2D eigenvalue weighted by Gasteiger charge is 2.24. The van der Waals surface area contributed by atoms with E-state index in [4.69, 9.17) is 5.73 Å². The van der Waals surface area contributed by atoms with Gasteiger partial charge in [-0.2, -0.15) is 0 Å². The SMILES string of the molecule is CC(CN)N1CCN(C(=O)c2cccc(Br)c2)CC1. The third-order valence-electron chi connectivity index (χ3n) is 3.64. The van der Waals surface area contributed by atoms with Gasteiger partial charge >= 0.3 is 0 Å². The van der Waals surface area contributed by atoms with Crippen LogP contribution in [0.25, 0.3) is 0 Å². The van der Waals surface area contributed by atoms with Crippen molar-refractivity contribution in [3.63, 3.8) is 0 Å². The van der Waals surface area contributed by atoms with E-state index in [0.29, 0.717) is 12.6 Å². The van der Waals surface area contributed by atoms with Crippen LogP contribution in [0, 0.1) is 0 Å². The second-order valence-electron chi connectivity index (χ2n) is 4.92. The fourth-order valence-electron chi connectivity index (χ4n) is 2.32. The van der Waals surface area contributed by atoms with Crippen LogP contribution in [0.4, 0.5) is 0 Å². The van der Waals surface area contributed by atoms with Gasteiger partial charge in [0.25, 0.3) is 5.91 Å². The zero-order valence-electron chi connectivity index (χ0n) is 11.2. The minimum Gasteiger partial charge on any atom is -0.336 e. The van der Waals surface area contributed by atoms with E-state index in [0.717, 1.165) is 36.2 Å². The van der Waals surface area contributed by atoms with Crippen LogP contribution < -0.4 is 5.73 Å². The number of hydrogen-bond donors (Lipinski definition) is 1. The number of piperazine rings is 1. The van der Waals surface area contributed by atoms with E-state index in [-0.39, 0.29) is 5.91 Å². The van der Waals surface area contributed by atoms with E-state index in [9.17, 15) is 4.79 Å². The molecule has 0 radical (unpaired) electrons. The highest BCUT2D eigenvalue weighted by atomic mass is 79.9. The third-order valence-corrected chi connectivity index (χ3v) is 4.13. The Balaban J connectivity index is 1.96. The quantitative estimate of drug-likeness (QED) is 0.917. The zero-order chi connectivity index (χ0) is 13.8. The van der Waals surface area contributed by atoms with Gasteiger partial charge < -0.3 is 10.6 Å². The molecular formula is C14H20BrN3O. The normalized spacial score (nSPS) is 18.4. The van der Waals surface area contributed by atoms with Gasteiger partial charge in [0.15, 0.2) is 0 Å². The first kappa shape index (κ1) is 14.5. The molecule has 0 bridgehead atoms. The lowest BCUT2D eigenvalue weighted by Crippen LogP contribution is -2.52. The number of carbonyl (C=O) groups is 1. The summed E-state index contributed by atoms with van der Waals surface area (Å²) < 4.78 is 0.939. The van der Waals surface area contributed by atoms with Crippen LogP contribution in [0.1, 0.15) is 17.3 Å². The molecule has 1 aliphatic rings. The molecule has 1 heterocycles. The van der Waals surface area contributed by atoms with Crippen molar-refractivity contribution in [3.05, 3.63) is 34.3 Å². The molecule has 104 valence electrons. The van der Waals surface area contributed by atoms with Gasteiger partial charge in [-0.25, -0.2) is 0 Å². The Morgan fingerprint density at radius 3 is 2.63 bits per heavy atom. The van der Waals surface area contributed by atoms with E-state index >= 15 is 0 Å². The molecular weight excluding hydrogens is 306 g/mol. The Bertz CT molecular complexity index is 444. The van der Waals surface area contributed by atoms with E-state index in [1.54, 1.807) is 0 Å². The summed E-state index contributed by atoms with van der Waals surface area (Å²) in [6, 6.07) is 7.95. The van der Waals surface area contributed by atoms with Crippen molar-refractivity contribution in [2.24, 2.45) is 5.73 Å². The maximum Gasteiger partial charge on any atom is 0.253 e. The van der Waals surface area contributed by atoms with E-state index < -0.39 is 0 Å². The maximum absolute atomic E-state index is 12.4. The Kier molecular flexibility index (Phi) is 4.96. The number of nitrogens with zero attached hydrogens (tertiary/aromatic N) is 2. The molecule has 1 aromatic rings. The highest BCUT2D eigenvalue weighted by Crippen LogP contribution is 2.15. The van der Waals surface area contributed by atoms with Gasteiger partial charge in [0.2, 0.25) is 0 Å². The first-order valence-electron chi connectivity index (χ1n) is 6.61. The Morgan fingerprint density at radius 1 is 1.37 bits per heavy atom. The Morgan fingerprint density at radius 2 is 2.05 bits per heavy atom. The Labute approximate surface area is 122 Å². The zero-order valence-corrected chi connectivity index (χ0v) is 12.8. The van der Waals surface area contributed by atoms with Crippen LogP contribution in [0.2, 0.25) is 0 Å². The van der Waals surface area contributed by atoms with Crippen molar-refractivity contribution in [1.29, 1.82) is 0 Å². The number of halogens is 1. The lowest BCUT2D eigenvalue weighted by Gasteiger charge is -2.37. The lowest BCUT2D eigenvalue weighted by molar-refractivity contribution is 0.0589. The van der Waals surface area contributed by atoms with Gasteiger partial charge in [0.1, 0.15) is 0 Å². The summed E-state index contributed by atoms with van der Waals surface area (Å²) in [6.07, 6.45) is 0. The molecule has 19 heavy (non-hydrogen) atoms. The monoisotopic (exact) mass is 325 g/mol. The maximum atomic E-state index is 12.4. The van der Waals surface area contributed by atoms with Gasteiger partial charge in [0.05, 0.1) is 0 Å². The predicted octanol–water partition coefficient (Wildman–Crippen LogP) is 1.55. The standard InChI is InChI=1S/C14H20BrN3O/c1-11(10-16)17-5-7-18(8-6-17)14(19)12-3-2-4-13(15)9-12/h2-4,9,11H,5-8,10,16H2,1H3. The van der Waals surface area contributed by atoms with Gasteiger partial charge in [-0.1, -0.05) is 22.0 Å². The average molecular weight is 326 g/mol. The largest absolute Gasteiger partial charge is 0.336 e. The molecule has 1 saturated heterocycles. The average Bonchev–Trinajstić information content (AvgIpc) is 2.46. The smallest absolute Gasteiger partial charge is 0.253 e. The van der Waals surface area contributed by atoms with Crippen LogP contribution in [0.5, 0.6) is 0 Å². The first-order chi connectivity index (χ1) is 9.11. The lowest BCUT2D eigenvalue weighted by atomic mass is 10.1. The molecule has 1 unspecified atom stereocenters. The molecule has 1 aromatic carbocycles. The van der Waals surface area contributed by atoms with Crippen LogP contribution in [0.3, 0.4) is 0 Å². The summed E-state index contributed by atoms with van der Waals surface area (Å²) >= 11 is 3.40. The molecule has 4 nitrogen and oxygen atoms in total. The fraction of sp³-hybridized carbons (Fsp3) is 0.500. The molecule has 2 rings (SSSR count). The van der Waals surface area contributed by atoms with Gasteiger partial charge in [-0.05, 0) is 25.1 Å².